The molecule has 1 heterocycles. The van der Waals surface area contributed by atoms with Crippen molar-refractivity contribution >= 4 is 17.6 Å². The highest BCUT2D eigenvalue weighted by molar-refractivity contribution is 5.95. The number of nitrogens with one attached hydrogen (secondary N) is 1. The lowest BCUT2D eigenvalue weighted by Gasteiger charge is -2.18. The molecule has 0 bridgehead atoms. The van der Waals surface area contributed by atoms with E-state index in [4.69, 9.17) is 0 Å². The van der Waals surface area contributed by atoms with Crippen LogP contribution in [-0.2, 0) is 12.0 Å². The molecule has 0 aliphatic carbocycles. The van der Waals surface area contributed by atoms with Crippen LogP contribution in [0, 0.1) is 10.1 Å². The summed E-state index contributed by atoms with van der Waals surface area (Å²) in [7, 11) is 0. The number of nitro groups is 1. The summed E-state index contributed by atoms with van der Waals surface area (Å²) in [6.07, 6.45) is 0. The summed E-state index contributed by atoms with van der Waals surface area (Å²) in [5, 5.41) is 24.8. The van der Waals surface area contributed by atoms with Gasteiger partial charge >= 0.3 is 5.95 Å². The first-order valence-electron chi connectivity index (χ1n) is 7.53. The Kier molecular flexibility index (Phi) is 5.20. The second kappa shape index (κ2) is 7.16. The summed E-state index contributed by atoms with van der Waals surface area (Å²) in [5.74, 6) is -0.937. The van der Waals surface area contributed by atoms with Crippen molar-refractivity contribution in [2.24, 2.45) is 5.10 Å². The van der Waals surface area contributed by atoms with Crippen LogP contribution in [0.15, 0.2) is 29.4 Å². The van der Waals surface area contributed by atoms with Crippen molar-refractivity contribution in [3.63, 3.8) is 0 Å². The smallest absolute Gasteiger partial charge is 0.390 e. The van der Waals surface area contributed by atoms with E-state index < -0.39 is 10.9 Å². The van der Waals surface area contributed by atoms with E-state index in [1.807, 2.05) is 12.1 Å². The van der Waals surface area contributed by atoms with Crippen LogP contribution in [0.4, 0.5) is 5.95 Å². The SMILES string of the molecule is CC(Cn1nnc([N+](=O)[O-])n1)=NNC(=O)c1ccc(C(C)(C)C)cc1. The van der Waals surface area contributed by atoms with Gasteiger partial charge in [0.05, 0.1) is 15.9 Å². The van der Waals surface area contributed by atoms with E-state index in [0.29, 0.717) is 11.3 Å². The number of carbonyl (C=O) groups is 1. The molecule has 0 atom stereocenters. The maximum atomic E-state index is 12.1. The molecule has 0 aliphatic heterocycles. The molecule has 10 heteroatoms. The van der Waals surface area contributed by atoms with Gasteiger partial charge in [-0.15, -0.1) is 0 Å². The maximum absolute atomic E-state index is 12.1. The third-order valence-electron chi connectivity index (χ3n) is 3.34. The molecule has 0 spiro atoms. The van der Waals surface area contributed by atoms with Gasteiger partial charge in [0.15, 0.2) is 0 Å². The summed E-state index contributed by atoms with van der Waals surface area (Å²) >= 11 is 0. The van der Waals surface area contributed by atoms with Crippen LogP contribution in [0.2, 0.25) is 0 Å². The van der Waals surface area contributed by atoms with Crippen molar-refractivity contribution in [1.29, 1.82) is 0 Å². The molecule has 2 aromatic rings. The standard InChI is InChI=1S/C15H19N7O3/c1-10(9-21-19-14(18-20-21)22(24)25)16-17-13(23)11-5-7-12(8-6-11)15(2,3)4/h5-8H,9H2,1-4H3,(H,17,23). The number of aromatic nitrogens is 4. The highest BCUT2D eigenvalue weighted by atomic mass is 16.6. The summed E-state index contributed by atoms with van der Waals surface area (Å²) in [6, 6.07) is 7.29. The van der Waals surface area contributed by atoms with Crippen molar-refractivity contribution in [3.8, 4) is 0 Å². The highest BCUT2D eigenvalue weighted by Gasteiger charge is 2.16. The van der Waals surface area contributed by atoms with Crippen LogP contribution < -0.4 is 5.43 Å². The summed E-state index contributed by atoms with van der Waals surface area (Å²) in [5.41, 5.74) is 4.52. The summed E-state index contributed by atoms with van der Waals surface area (Å²) in [6.45, 7) is 8.00. The van der Waals surface area contributed by atoms with E-state index >= 15 is 0 Å². The number of hydrazone groups is 1. The van der Waals surface area contributed by atoms with E-state index in [1.54, 1.807) is 19.1 Å². The minimum absolute atomic E-state index is 0.0111. The number of amides is 1. The van der Waals surface area contributed by atoms with Crippen LogP contribution in [0.25, 0.3) is 0 Å². The van der Waals surface area contributed by atoms with Crippen LogP contribution in [0.3, 0.4) is 0 Å². The van der Waals surface area contributed by atoms with E-state index in [-0.39, 0.29) is 17.9 Å². The first-order chi connectivity index (χ1) is 11.7. The topological polar surface area (TPSA) is 128 Å². The van der Waals surface area contributed by atoms with Gasteiger partial charge in [0.1, 0.15) is 6.54 Å². The zero-order valence-corrected chi connectivity index (χ0v) is 14.4. The number of hydrogen-bond donors (Lipinski definition) is 1. The molecule has 0 aliphatic rings. The van der Waals surface area contributed by atoms with Gasteiger partial charge < -0.3 is 10.1 Å². The van der Waals surface area contributed by atoms with Crippen molar-refractivity contribution in [2.45, 2.75) is 39.7 Å². The van der Waals surface area contributed by atoms with Gasteiger partial charge in [0, 0.05) is 10.8 Å². The number of tetrazole rings is 1. The summed E-state index contributed by atoms with van der Waals surface area (Å²) < 4.78 is 0. The molecule has 132 valence electrons. The molecule has 2 rings (SSSR count). The molecular formula is C15H19N7O3. The number of carbonyl (C=O) groups excluding carboxylic acids is 1. The number of nitrogens with zero attached hydrogens (tertiary/aromatic N) is 6. The molecule has 1 aromatic heterocycles. The maximum Gasteiger partial charge on any atom is 0.514 e. The van der Waals surface area contributed by atoms with Gasteiger partial charge in [0.25, 0.3) is 5.91 Å². The first-order valence-corrected chi connectivity index (χ1v) is 7.53. The fourth-order valence-corrected chi connectivity index (χ4v) is 1.95. The molecule has 25 heavy (non-hydrogen) atoms. The quantitative estimate of drug-likeness (QED) is 0.499. The average molecular weight is 345 g/mol. The van der Waals surface area contributed by atoms with Gasteiger partial charge in [-0.2, -0.15) is 5.10 Å². The summed E-state index contributed by atoms with van der Waals surface area (Å²) in [4.78, 5) is 22.9. The van der Waals surface area contributed by atoms with Crippen molar-refractivity contribution in [1.82, 2.24) is 25.6 Å². The molecule has 0 saturated heterocycles. The van der Waals surface area contributed by atoms with Crippen LogP contribution in [0.5, 0.6) is 0 Å². The van der Waals surface area contributed by atoms with E-state index in [9.17, 15) is 14.9 Å². The molecule has 10 nitrogen and oxygen atoms in total. The van der Waals surface area contributed by atoms with Gasteiger partial charge in [0.2, 0.25) is 0 Å². The van der Waals surface area contributed by atoms with E-state index in [2.05, 4.69) is 46.7 Å². The second-order valence-electron chi connectivity index (χ2n) is 6.49. The third-order valence-corrected chi connectivity index (χ3v) is 3.34. The van der Waals surface area contributed by atoms with Crippen molar-refractivity contribution < 1.29 is 9.72 Å². The average Bonchev–Trinajstić information content (AvgIpc) is 3.00. The number of rotatable bonds is 5. The Labute approximate surface area is 144 Å². The van der Waals surface area contributed by atoms with Gasteiger partial charge in [-0.25, -0.2) is 5.43 Å². The third kappa shape index (κ3) is 4.90. The Morgan fingerprint density at radius 1 is 1.32 bits per heavy atom. The van der Waals surface area contributed by atoms with E-state index in [0.717, 1.165) is 10.4 Å². The van der Waals surface area contributed by atoms with Gasteiger partial charge in [-0.3, -0.25) is 4.79 Å². The van der Waals surface area contributed by atoms with Crippen molar-refractivity contribution in [3.05, 3.63) is 45.5 Å². The second-order valence-corrected chi connectivity index (χ2v) is 6.49. The minimum atomic E-state index is -0.737. The highest BCUT2D eigenvalue weighted by Crippen LogP contribution is 2.22. The first kappa shape index (κ1) is 18.2. The van der Waals surface area contributed by atoms with Crippen molar-refractivity contribution in [2.75, 3.05) is 0 Å². The monoisotopic (exact) mass is 345 g/mol. The molecule has 0 fully saturated rings. The molecule has 0 saturated carbocycles. The zero-order chi connectivity index (χ0) is 18.6. The van der Waals surface area contributed by atoms with Crippen LogP contribution in [0.1, 0.15) is 43.6 Å². The van der Waals surface area contributed by atoms with Gasteiger partial charge in [-0.05, 0) is 35.0 Å². The van der Waals surface area contributed by atoms with Crippen LogP contribution >= 0.6 is 0 Å². The largest absolute Gasteiger partial charge is 0.514 e. The molecular weight excluding hydrogens is 326 g/mol. The Bertz CT molecular complexity index is 803. The number of benzene rings is 1. The molecule has 0 radical (unpaired) electrons. The lowest BCUT2D eigenvalue weighted by atomic mass is 9.87. The van der Waals surface area contributed by atoms with Gasteiger partial charge in [-0.1, -0.05) is 37.7 Å². The predicted molar refractivity (Wildman–Crippen MR) is 90.2 cm³/mol. The fourth-order valence-electron chi connectivity index (χ4n) is 1.95. The zero-order valence-electron chi connectivity index (χ0n) is 14.4. The van der Waals surface area contributed by atoms with E-state index in [1.165, 1.54) is 0 Å². The molecule has 0 unspecified atom stereocenters. The Balaban J connectivity index is 1.97. The van der Waals surface area contributed by atoms with Crippen LogP contribution in [-0.4, -0.2) is 36.7 Å². The minimum Gasteiger partial charge on any atom is -0.390 e. The predicted octanol–water partition coefficient (Wildman–Crippen LogP) is 1.68. The number of hydrogen-bond acceptors (Lipinski definition) is 7. The Morgan fingerprint density at radius 3 is 2.48 bits per heavy atom. The fraction of sp³-hybridized carbons (Fsp3) is 0.400. The lowest BCUT2D eigenvalue weighted by Crippen LogP contribution is -2.21. The normalized spacial score (nSPS) is 12.1. The Hall–Kier alpha value is -3.17. The Morgan fingerprint density at radius 2 is 1.96 bits per heavy atom. The molecule has 1 N–H and O–H groups in total. The molecule has 1 amide bonds. The lowest BCUT2D eigenvalue weighted by molar-refractivity contribution is -0.394. The molecule has 1 aromatic carbocycles.